The monoisotopic (exact) mass is 255 g/mol. The minimum atomic E-state index is 0.729. The molecule has 0 bridgehead atoms. The Hall–Kier alpha value is -2.16. The highest BCUT2D eigenvalue weighted by atomic mass is 15.0. The Labute approximate surface area is 115 Å². The molecule has 3 nitrogen and oxygen atoms in total. The smallest absolute Gasteiger partial charge is 0.129 e. The number of nitrogens with one attached hydrogen (secondary N) is 1. The van der Waals surface area contributed by atoms with E-state index in [1.165, 1.54) is 5.57 Å². The van der Waals surface area contributed by atoms with E-state index in [2.05, 4.69) is 22.0 Å². The van der Waals surface area contributed by atoms with Crippen LogP contribution in [0.1, 0.15) is 26.3 Å². The largest absolute Gasteiger partial charge is 0.340 e. The lowest BCUT2D eigenvalue weighted by Gasteiger charge is -2.08. The molecule has 0 aliphatic rings. The number of rotatable bonds is 5. The summed E-state index contributed by atoms with van der Waals surface area (Å²) in [6, 6.07) is 6.01. The van der Waals surface area contributed by atoms with Crippen LogP contribution in [0.3, 0.4) is 0 Å². The lowest BCUT2D eigenvalue weighted by Crippen LogP contribution is -1.96. The van der Waals surface area contributed by atoms with Gasteiger partial charge < -0.3 is 5.32 Å². The third-order valence-electron chi connectivity index (χ3n) is 2.48. The van der Waals surface area contributed by atoms with Crippen LogP contribution in [0.2, 0.25) is 0 Å². The summed E-state index contributed by atoms with van der Waals surface area (Å²) in [6.07, 6.45) is 5.70. The zero-order chi connectivity index (χ0) is 14.3. The molecule has 0 atom stereocenters. The Bertz CT molecular complexity index is 533. The molecule has 1 rings (SSSR count). The van der Waals surface area contributed by atoms with E-state index in [4.69, 9.17) is 0 Å². The lowest BCUT2D eigenvalue weighted by atomic mass is 10.2. The summed E-state index contributed by atoms with van der Waals surface area (Å²) in [7, 11) is 0. The van der Waals surface area contributed by atoms with E-state index in [1.54, 1.807) is 6.21 Å². The number of benzene rings is 1. The Morgan fingerprint density at radius 1 is 1.26 bits per heavy atom. The summed E-state index contributed by atoms with van der Waals surface area (Å²) in [4.78, 5) is 8.26. The quantitative estimate of drug-likeness (QED) is 0.604. The van der Waals surface area contributed by atoms with Gasteiger partial charge in [0.15, 0.2) is 0 Å². The first-order valence-corrected chi connectivity index (χ1v) is 6.25. The molecule has 0 saturated carbocycles. The molecule has 0 radical (unpaired) electrons. The minimum Gasteiger partial charge on any atom is -0.340 e. The van der Waals surface area contributed by atoms with Crippen LogP contribution in [-0.4, -0.2) is 12.9 Å². The van der Waals surface area contributed by atoms with E-state index >= 15 is 0 Å². The van der Waals surface area contributed by atoms with Crippen molar-refractivity contribution in [1.82, 2.24) is 0 Å². The number of hydrogen-bond acceptors (Lipinski definition) is 3. The van der Waals surface area contributed by atoms with E-state index < -0.39 is 0 Å². The number of aryl methyl sites for hydroxylation is 1. The summed E-state index contributed by atoms with van der Waals surface area (Å²) < 4.78 is 0. The van der Waals surface area contributed by atoms with Gasteiger partial charge in [-0.25, -0.2) is 4.99 Å². The fourth-order valence-electron chi connectivity index (χ4n) is 1.54. The van der Waals surface area contributed by atoms with Crippen molar-refractivity contribution in [3.8, 4) is 0 Å². The van der Waals surface area contributed by atoms with E-state index in [0.29, 0.717) is 0 Å². The van der Waals surface area contributed by atoms with E-state index in [-0.39, 0.29) is 0 Å². The predicted molar refractivity (Wildman–Crippen MR) is 85.7 cm³/mol. The van der Waals surface area contributed by atoms with Crippen LogP contribution in [0.4, 0.5) is 11.4 Å². The molecule has 0 unspecified atom stereocenters. The first-order valence-electron chi connectivity index (χ1n) is 6.25. The Kier molecular flexibility index (Phi) is 5.73. The van der Waals surface area contributed by atoms with Crippen molar-refractivity contribution in [1.29, 1.82) is 0 Å². The van der Waals surface area contributed by atoms with Crippen molar-refractivity contribution >= 4 is 24.3 Å². The van der Waals surface area contributed by atoms with Crippen LogP contribution in [0, 0.1) is 6.92 Å². The lowest BCUT2D eigenvalue weighted by molar-refractivity contribution is 1.29. The SMILES string of the molecule is C=N/C(=C\C=C(C)C)Nc1ccc(/N=C\C)c(C)c1. The molecule has 3 heteroatoms. The van der Waals surface area contributed by atoms with Crippen LogP contribution >= 0.6 is 0 Å². The molecule has 0 spiro atoms. The summed E-state index contributed by atoms with van der Waals surface area (Å²) in [5, 5.41) is 3.23. The first-order chi connectivity index (χ1) is 9.06. The molecule has 1 aromatic rings. The number of allylic oxidation sites excluding steroid dienone is 3. The maximum absolute atomic E-state index is 4.29. The van der Waals surface area contributed by atoms with Crippen molar-refractivity contribution in [3.63, 3.8) is 0 Å². The van der Waals surface area contributed by atoms with Gasteiger partial charge in [-0.3, -0.25) is 4.99 Å². The van der Waals surface area contributed by atoms with Gasteiger partial charge >= 0.3 is 0 Å². The molecule has 100 valence electrons. The van der Waals surface area contributed by atoms with Crippen molar-refractivity contribution in [2.75, 3.05) is 5.32 Å². The molecular weight excluding hydrogens is 234 g/mol. The summed E-state index contributed by atoms with van der Waals surface area (Å²) in [5.74, 6) is 0.729. The standard InChI is InChI=1S/C16H21N3/c1-6-18-15-9-8-14(11-13(15)4)19-16(17-5)10-7-12(2)3/h6-11,19H,5H2,1-4H3/b16-10+,18-6-. The van der Waals surface area contributed by atoms with E-state index in [9.17, 15) is 0 Å². The van der Waals surface area contributed by atoms with Crippen LogP contribution in [0.5, 0.6) is 0 Å². The number of aliphatic imine (C=N–C) groups is 2. The van der Waals surface area contributed by atoms with Crippen LogP contribution in [-0.2, 0) is 0 Å². The second kappa shape index (κ2) is 7.31. The summed E-state index contributed by atoms with van der Waals surface area (Å²) in [6.45, 7) is 11.6. The molecule has 1 aromatic carbocycles. The second-order valence-corrected chi connectivity index (χ2v) is 4.47. The maximum atomic E-state index is 4.29. The normalized spacial score (nSPS) is 11.5. The molecule has 0 amide bonds. The van der Waals surface area contributed by atoms with Crippen molar-refractivity contribution in [2.45, 2.75) is 27.7 Å². The zero-order valence-electron chi connectivity index (χ0n) is 12.1. The van der Waals surface area contributed by atoms with Crippen LogP contribution < -0.4 is 5.32 Å². The van der Waals surface area contributed by atoms with Gasteiger partial charge in [-0.2, -0.15) is 0 Å². The molecule has 0 saturated heterocycles. The van der Waals surface area contributed by atoms with Crippen molar-refractivity contribution < 1.29 is 0 Å². The van der Waals surface area contributed by atoms with Crippen molar-refractivity contribution in [2.24, 2.45) is 9.98 Å². The molecule has 1 N–H and O–H groups in total. The molecular formula is C16H21N3. The van der Waals surface area contributed by atoms with Gasteiger partial charge in [0.2, 0.25) is 0 Å². The highest BCUT2D eigenvalue weighted by molar-refractivity contribution is 5.65. The molecule has 0 aliphatic heterocycles. The van der Waals surface area contributed by atoms with Gasteiger partial charge in [0.05, 0.1) is 5.69 Å². The van der Waals surface area contributed by atoms with E-state index in [0.717, 1.165) is 22.8 Å². The Morgan fingerprint density at radius 3 is 2.53 bits per heavy atom. The number of anilines is 1. The van der Waals surface area contributed by atoms with Crippen LogP contribution in [0.15, 0.2) is 51.7 Å². The fourth-order valence-corrected chi connectivity index (χ4v) is 1.54. The predicted octanol–water partition coefficient (Wildman–Crippen LogP) is 4.64. The maximum Gasteiger partial charge on any atom is 0.129 e. The third-order valence-corrected chi connectivity index (χ3v) is 2.48. The molecule has 0 fully saturated rings. The molecule has 19 heavy (non-hydrogen) atoms. The van der Waals surface area contributed by atoms with Gasteiger partial charge in [0, 0.05) is 11.9 Å². The average molecular weight is 255 g/mol. The number of hydrogen-bond donors (Lipinski definition) is 1. The van der Waals surface area contributed by atoms with Crippen molar-refractivity contribution in [3.05, 3.63) is 47.3 Å². The summed E-state index contributed by atoms with van der Waals surface area (Å²) in [5.41, 5.74) is 4.29. The Morgan fingerprint density at radius 2 is 2.00 bits per heavy atom. The van der Waals surface area contributed by atoms with Gasteiger partial charge in [0.1, 0.15) is 5.82 Å². The molecule has 0 aromatic heterocycles. The average Bonchev–Trinajstić information content (AvgIpc) is 2.37. The third kappa shape index (κ3) is 4.92. The van der Waals surface area contributed by atoms with Gasteiger partial charge in [-0.15, -0.1) is 0 Å². The molecule has 0 heterocycles. The second-order valence-electron chi connectivity index (χ2n) is 4.47. The van der Waals surface area contributed by atoms with Crippen LogP contribution in [0.25, 0.3) is 0 Å². The number of nitrogens with zero attached hydrogens (tertiary/aromatic N) is 2. The van der Waals surface area contributed by atoms with Gasteiger partial charge in [0.25, 0.3) is 0 Å². The highest BCUT2D eigenvalue weighted by Gasteiger charge is 1.99. The Balaban J connectivity index is 2.93. The van der Waals surface area contributed by atoms with Gasteiger partial charge in [-0.1, -0.05) is 11.6 Å². The highest BCUT2D eigenvalue weighted by Crippen LogP contribution is 2.23. The first kappa shape index (κ1) is 14.9. The molecule has 0 aliphatic carbocycles. The topological polar surface area (TPSA) is 36.8 Å². The summed E-state index contributed by atoms with van der Waals surface area (Å²) >= 11 is 0. The fraction of sp³-hybridized carbons (Fsp3) is 0.250. The van der Waals surface area contributed by atoms with Gasteiger partial charge in [-0.05, 0) is 64.3 Å². The van der Waals surface area contributed by atoms with E-state index in [1.807, 2.05) is 58.0 Å². The zero-order valence-corrected chi connectivity index (χ0v) is 12.1. The minimum absolute atomic E-state index is 0.729.